The number of ether oxygens (including phenoxy) is 2. The van der Waals surface area contributed by atoms with Gasteiger partial charge in [-0.05, 0) is 50.0 Å². The molecule has 26 heavy (non-hydrogen) atoms. The molecule has 0 unspecified atom stereocenters. The highest BCUT2D eigenvalue weighted by molar-refractivity contribution is 6.30. The van der Waals surface area contributed by atoms with E-state index in [1.165, 1.54) is 12.1 Å². The zero-order valence-electron chi connectivity index (χ0n) is 14.7. The molecule has 0 aromatic heterocycles. The fourth-order valence-corrected chi connectivity index (χ4v) is 2.80. The number of hydrogen-bond donors (Lipinski definition) is 1. The summed E-state index contributed by atoms with van der Waals surface area (Å²) >= 11 is 6.05. The van der Waals surface area contributed by atoms with Crippen molar-refractivity contribution in [2.45, 2.75) is 51.7 Å². The number of halogens is 3. The van der Waals surface area contributed by atoms with Gasteiger partial charge in [0.25, 0.3) is 0 Å². The van der Waals surface area contributed by atoms with Gasteiger partial charge in [-0.1, -0.05) is 24.6 Å². The number of carbonyl (C=O) groups excluding carboxylic acids is 1. The molecule has 8 heteroatoms. The van der Waals surface area contributed by atoms with Crippen molar-refractivity contribution in [1.82, 2.24) is 5.32 Å². The maximum absolute atomic E-state index is 13.2. The number of nitrogens with zero attached hydrogens (tertiary/aromatic N) is 1. The summed E-state index contributed by atoms with van der Waals surface area (Å²) < 4.78 is 35.3. The van der Waals surface area contributed by atoms with Crippen LogP contribution in [0.25, 0.3) is 0 Å². The minimum absolute atomic E-state index is 0.0406. The van der Waals surface area contributed by atoms with Gasteiger partial charge in [0.15, 0.2) is 11.5 Å². The third kappa shape index (κ3) is 3.53. The number of fused-ring (bicyclic) bond motifs is 1. The van der Waals surface area contributed by atoms with E-state index in [0.29, 0.717) is 35.8 Å². The van der Waals surface area contributed by atoms with E-state index in [4.69, 9.17) is 11.6 Å². The predicted octanol–water partition coefficient (Wildman–Crippen LogP) is 4.45. The molecule has 0 atom stereocenters. The molecule has 0 bridgehead atoms. The first-order chi connectivity index (χ1) is 12.2. The average molecular weight is 385 g/mol. The van der Waals surface area contributed by atoms with E-state index in [0.717, 1.165) is 5.57 Å². The molecule has 0 radical (unpaired) electrons. The lowest BCUT2D eigenvalue weighted by Gasteiger charge is -2.17. The molecule has 1 aromatic rings. The summed E-state index contributed by atoms with van der Waals surface area (Å²) in [5.41, 5.74) is 0.674. The number of hydrogen-bond acceptors (Lipinski definition) is 4. The lowest BCUT2D eigenvalue weighted by molar-refractivity contribution is -0.286. The first-order valence-electron chi connectivity index (χ1n) is 8.29. The van der Waals surface area contributed by atoms with Gasteiger partial charge in [-0.3, -0.25) is 4.79 Å². The number of aliphatic imine (C=N–C) groups is 1. The summed E-state index contributed by atoms with van der Waals surface area (Å²) in [7, 11) is 0. The highest BCUT2D eigenvalue weighted by Crippen LogP contribution is 2.51. The summed E-state index contributed by atoms with van der Waals surface area (Å²) in [6.45, 7) is 5.51. The Morgan fingerprint density at radius 2 is 1.92 bits per heavy atom. The Hall–Kier alpha value is -2.15. The molecule has 1 heterocycles. The standard InChI is InChI=1S/C18H19ClF2N2O3/c1-4-14(22-15(19)10(2)3)23-16(24)17(7-8-17)11-5-6-12-13(9-11)26-18(20,21)25-12/h5-6,9H,4,7-8H2,1-3H3,(H,22,23,24). The molecule has 1 amide bonds. The summed E-state index contributed by atoms with van der Waals surface area (Å²) in [6.07, 6.45) is -1.95. The van der Waals surface area contributed by atoms with Crippen LogP contribution >= 0.6 is 11.6 Å². The number of rotatable bonds is 4. The van der Waals surface area contributed by atoms with E-state index in [9.17, 15) is 13.6 Å². The van der Waals surface area contributed by atoms with E-state index in [1.807, 2.05) is 20.8 Å². The van der Waals surface area contributed by atoms with Crippen LogP contribution in [-0.4, -0.2) is 18.0 Å². The first-order valence-corrected chi connectivity index (χ1v) is 8.67. The van der Waals surface area contributed by atoms with Crippen LogP contribution in [0.3, 0.4) is 0 Å². The highest BCUT2D eigenvalue weighted by atomic mass is 35.5. The summed E-state index contributed by atoms with van der Waals surface area (Å²) in [5, 5.41) is 3.14. The van der Waals surface area contributed by atoms with Crippen molar-refractivity contribution < 1.29 is 23.0 Å². The van der Waals surface area contributed by atoms with Crippen molar-refractivity contribution in [3.63, 3.8) is 0 Å². The van der Waals surface area contributed by atoms with Crippen LogP contribution in [-0.2, 0) is 10.2 Å². The van der Waals surface area contributed by atoms with Crippen molar-refractivity contribution in [3.8, 4) is 11.5 Å². The van der Waals surface area contributed by atoms with E-state index in [-0.39, 0.29) is 17.4 Å². The molecular weight excluding hydrogens is 366 g/mol. The smallest absolute Gasteiger partial charge is 0.395 e. The van der Waals surface area contributed by atoms with Gasteiger partial charge in [0.2, 0.25) is 5.91 Å². The third-order valence-electron chi connectivity index (χ3n) is 4.38. The van der Waals surface area contributed by atoms with Crippen LogP contribution < -0.4 is 14.8 Å². The lowest BCUT2D eigenvalue weighted by atomic mass is 9.94. The monoisotopic (exact) mass is 384 g/mol. The average Bonchev–Trinajstić information content (AvgIpc) is 3.31. The number of alkyl halides is 2. The molecular formula is C18H19ClF2N2O3. The van der Waals surface area contributed by atoms with Gasteiger partial charge in [-0.15, -0.1) is 8.78 Å². The zero-order valence-corrected chi connectivity index (χ0v) is 15.4. The minimum atomic E-state index is -3.68. The van der Waals surface area contributed by atoms with Crippen molar-refractivity contribution in [2.24, 2.45) is 4.99 Å². The van der Waals surface area contributed by atoms with E-state index in [1.54, 1.807) is 6.07 Å². The van der Waals surface area contributed by atoms with Crippen molar-refractivity contribution >= 4 is 23.3 Å². The van der Waals surface area contributed by atoms with Gasteiger partial charge >= 0.3 is 6.29 Å². The van der Waals surface area contributed by atoms with Crippen molar-refractivity contribution in [3.05, 3.63) is 34.5 Å². The molecule has 5 nitrogen and oxygen atoms in total. The Kier molecular flexibility index (Phi) is 4.69. The van der Waals surface area contributed by atoms with Crippen molar-refractivity contribution in [2.75, 3.05) is 0 Å². The maximum atomic E-state index is 13.2. The molecule has 0 spiro atoms. The third-order valence-corrected chi connectivity index (χ3v) is 4.84. The second kappa shape index (κ2) is 6.54. The number of amides is 1. The summed E-state index contributed by atoms with van der Waals surface area (Å²) in [4.78, 5) is 17.0. The molecule has 0 saturated heterocycles. The van der Waals surface area contributed by atoms with Crippen LogP contribution in [0, 0.1) is 0 Å². The molecule has 1 N–H and O–H groups in total. The van der Waals surface area contributed by atoms with Crippen LogP contribution in [0.15, 0.2) is 33.9 Å². The number of nitrogens with one attached hydrogen (secondary N) is 1. The fraction of sp³-hybridized carbons (Fsp3) is 0.444. The van der Waals surface area contributed by atoms with Crippen LogP contribution in [0.1, 0.15) is 45.6 Å². The summed E-state index contributed by atoms with van der Waals surface area (Å²) in [6, 6.07) is 4.45. The SMILES string of the molecule is CCC(=NC(Cl)=C(C)C)NC(=O)C1(c2ccc3c(c2)OC(F)(F)O3)CC1. The quantitative estimate of drug-likeness (QED) is 0.474. The van der Waals surface area contributed by atoms with E-state index >= 15 is 0 Å². The van der Waals surface area contributed by atoms with Crippen molar-refractivity contribution in [1.29, 1.82) is 0 Å². The van der Waals surface area contributed by atoms with Crippen LogP contribution in [0.5, 0.6) is 11.5 Å². The molecule has 1 aliphatic heterocycles. The van der Waals surface area contributed by atoms with Crippen LogP contribution in [0.2, 0.25) is 0 Å². The first kappa shape index (κ1) is 18.6. The van der Waals surface area contributed by atoms with Gasteiger partial charge in [0, 0.05) is 6.42 Å². The Labute approximate surface area is 155 Å². The maximum Gasteiger partial charge on any atom is 0.586 e. The predicted molar refractivity (Wildman–Crippen MR) is 93.7 cm³/mol. The van der Waals surface area contributed by atoms with E-state index in [2.05, 4.69) is 19.8 Å². The normalized spacial score (nSPS) is 19.1. The molecule has 1 aliphatic carbocycles. The molecule has 1 aromatic carbocycles. The Balaban J connectivity index is 1.81. The van der Waals surface area contributed by atoms with E-state index < -0.39 is 11.7 Å². The van der Waals surface area contributed by atoms with Crippen LogP contribution in [0.4, 0.5) is 8.78 Å². The molecule has 2 aliphatic rings. The number of carbonyl (C=O) groups is 1. The minimum Gasteiger partial charge on any atom is -0.395 e. The lowest BCUT2D eigenvalue weighted by Crippen LogP contribution is -2.38. The largest absolute Gasteiger partial charge is 0.586 e. The fourth-order valence-electron chi connectivity index (χ4n) is 2.69. The molecule has 140 valence electrons. The Bertz CT molecular complexity index is 813. The molecule has 1 fully saturated rings. The molecule has 3 rings (SSSR count). The number of amidine groups is 1. The van der Waals surface area contributed by atoms with Gasteiger partial charge in [-0.25, -0.2) is 4.99 Å². The highest BCUT2D eigenvalue weighted by Gasteiger charge is 2.53. The second-order valence-corrected chi connectivity index (χ2v) is 6.93. The topological polar surface area (TPSA) is 59.9 Å². The number of benzene rings is 1. The van der Waals surface area contributed by atoms with Gasteiger partial charge in [0.1, 0.15) is 11.0 Å². The van der Waals surface area contributed by atoms with Gasteiger partial charge in [-0.2, -0.15) is 0 Å². The Morgan fingerprint density at radius 1 is 1.27 bits per heavy atom. The zero-order chi connectivity index (χ0) is 19.1. The van der Waals surface area contributed by atoms with Gasteiger partial charge in [0.05, 0.1) is 5.41 Å². The summed E-state index contributed by atoms with van der Waals surface area (Å²) in [5.74, 6) is 0.117. The second-order valence-electron chi connectivity index (χ2n) is 6.57. The van der Waals surface area contributed by atoms with Gasteiger partial charge < -0.3 is 14.8 Å². The number of allylic oxidation sites excluding steroid dienone is 1. The molecule has 1 saturated carbocycles. The Morgan fingerprint density at radius 3 is 2.50 bits per heavy atom.